The molecule has 2 aromatic rings. The van der Waals surface area contributed by atoms with E-state index in [-0.39, 0.29) is 11.4 Å². The molecule has 0 aliphatic rings. The molecule has 0 aliphatic carbocycles. The van der Waals surface area contributed by atoms with Crippen LogP contribution >= 0.6 is 0 Å². The third-order valence-corrected chi connectivity index (χ3v) is 3.25. The van der Waals surface area contributed by atoms with E-state index in [1.165, 1.54) is 12.1 Å². The van der Waals surface area contributed by atoms with Crippen molar-refractivity contribution in [2.24, 2.45) is 0 Å². The number of hydrogen-bond acceptors (Lipinski definition) is 2. The van der Waals surface area contributed by atoms with Crippen LogP contribution in [-0.4, -0.2) is 8.42 Å². The standard InChI is InChI=1S/C13H10F2NO2S/c1-9-2-5-11(6-3-9)16(19(17)18)13-8-10(14)4-7-12(13)15/h2-8,19H,1H2. The van der Waals surface area contributed by atoms with Crippen LogP contribution in [0.1, 0.15) is 5.56 Å². The van der Waals surface area contributed by atoms with Crippen molar-refractivity contribution in [3.05, 3.63) is 66.6 Å². The molecular weight excluding hydrogens is 272 g/mol. The number of anilines is 2. The summed E-state index contributed by atoms with van der Waals surface area (Å²) < 4.78 is 50.1. The van der Waals surface area contributed by atoms with Crippen molar-refractivity contribution in [1.29, 1.82) is 0 Å². The first-order valence-corrected chi connectivity index (χ1v) is 6.43. The second-order valence-electron chi connectivity index (χ2n) is 3.81. The van der Waals surface area contributed by atoms with Crippen LogP contribution in [0.5, 0.6) is 0 Å². The van der Waals surface area contributed by atoms with Crippen LogP contribution in [0.3, 0.4) is 0 Å². The molecule has 0 saturated heterocycles. The number of thiol groups is 1. The first-order valence-electron chi connectivity index (χ1n) is 5.30. The highest BCUT2D eigenvalue weighted by Gasteiger charge is 2.16. The van der Waals surface area contributed by atoms with Crippen molar-refractivity contribution in [3.8, 4) is 0 Å². The van der Waals surface area contributed by atoms with Gasteiger partial charge in [0.2, 0.25) is 10.9 Å². The van der Waals surface area contributed by atoms with Crippen molar-refractivity contribution >= 4 is 22.3 Å². The lowest BCUT2D eigenvalue weighted by atomic mass is 10.2. The van der Waals surface area contributed by atoms with Crippen molar-refractivity contribution < 1.29 is 17.2 Å². The van der Waals surface area contributed by atoms with Gasteiger partial charge in [-0.15, -0.1) is 0 Å². The fourth-order valence-corrected chi connectivity index (χ4v) is 2.26. The topological polar surface area (TPSA) is 37.4 Å². The van der Waals surface area contributed by atoms with Crippen LogP contribution in [0.25, 0.3) is 0 Å². The molecule has 0 unspecified atom stereocenters. The quantitative estimate of drug-likeness (QED) is 0.879. The van der Waals surface area contributed by atoms with Crippen LogP contribution in [0, 0.1) is 18.6 Å². The molecule has 0 N–H and O–H groups in total. The Morgan fingerprint density at radius 2 is 1.63 bits per heavy atom. The predicted octanol–water partition coefficient (Wildman–Crippen LogP) is 2.81. The Balaban J connectivity index is 2.58. The lowest BCUT2D eigenvalue weighted by Crippen LogP contribution is -2.16. The number of benzene rings is 2. The summed E-state index contributed by atoms with van der Waals surface area (Å²) in [5.74, 6) is -1.54. The van der Waals surface area contributed by atoms with Gasteiger partial charge in [-0.25, -0.2) is 21.5 Å². The van der Waals surface area contributed by atoms with Crippen LogP contribution in [0.15, 0.2) is 42.5 Å². The average Bonchev–Trinajstić information content (AvgIpc) is 2.36. The van der Waals surface area contributed by atoms with Crippen LogP contribution in [0.4, 0.5) is 20.2 Å². The highest BCUT2D eigenvalue weighted by atomic mass is 32.2. The van der Waals surface area contributed by atoms with Crippen LogP contribution < -0.4 is 4.31 Å². The zero-order valence-electron chi connectivity index (χ0n) is 9.72. The fraction of sp³-hybridized carbons (Fsp3) is 0. The van der Waals surface area contributed by atoms with Gasteiger partial charge in [0.15, 0.2) is 0 Å². The van der Waals surface area contributed by atoms with Gasteiger partial charge < -0.3 is 0 Å². The van der Waals surface area contributed by atoms with E-state index in [0.717, 1.165) is 18.2 Å². The molecule has 19 heavy (non-hydrogen) atoms. The van der Waals surface area contributed by atoms with Gasteiger partial charge in [-0.2, -0.15) is 0 Å². The molecule has 0 amide bonds. The Morgan fingerprint density at radius 3 is 2.21 bits per heavy atom. The number of rotatable bonds is 3. The fourth-order valence-electron chi connectivity index (χ4n) is 1.61. The number of halogens is 2. The molecule has 0 spiro atoms. The Labute approximate surface area is 111 Å². The largest absolute Gasteiger partial charge is 0.238 e. The Kier molecular flexibility index (Phi) is 3.80. The maximum Gasteiger partial charge on any atom is 0.229 e. The summed E-state index contributed by atoms with van der Waals surface area (Å²) in [5.41, 5.74) is 0.547. The molecule has 6 heteroatoms. The van der Waals surface area contributed by atoms with Gasteiger partial charge in [0.05, 0.1) is 11.4 Å². The molecule has 1 radical (unpaired) electrons. The summed E-state index contributed by atoms with van der Waals surface area (Å²) in [6.07, 6.45) is 0. The van der Waals surface area contributed by atoms with Gasteiger partial charge in [-0.1, -0.05) is 12.1 Å². The highest BCUT2D eigenvalue weighted by molar-refractivity contribution is 7.74. The minimum absolute atomic E-state index is 0.216. The van der Waals surface area contributed by atoms with Crippen LogP contribution in [-0.2, 0) is 10.9 Å². The normalized spacial score (nSPS) is 10.7. The van der Waals surface area contributed by atoms with E-state index in [2.05, 4.69) is 6.92 Å². The Bertz CT molecular complexity index is 661. The maximum absolute atomic E-state index is 13.7. The summed E-state index contributed by atoms with van der Waals surface area (Å²) in [6, 6.07) is 8.74. The van der Waals surface area contributed by atoms with Gasteiger partial charge in [-0.3, -0.25) is 0 Å². The van der Waals surface area contributed by atoms with Gasteiger partial charge in [-0.05, 0) is 36.8 Å². The van der Waals surface area contributed by atoms with Crippen molar-refractivity contribution in [3.63, 3.8) is 0 Å². The monoisotopic (exact) mass is 282 g/mol. The molecular formula is C13H10F2NO2S. The second-order valence-corrected chi connectivity index (χ2v) is 4.69. The van der Waals surface area contributed by atoms with Crippen LogP contribution in [0.2, 0.25) is 0 Å². The molecule has 0 bridgehead atoms. The van der Waals surface area contributed by atoms with Crippen molar-refractivity contribution in [2.45, 2.75) is 0 Å². The second kappa shape index (κ2) is 5.36. The van der Waals surface area contributed by atoms with Gasteiger partial charge in [0, 0.05) is 6.07 Å². The Hall–Kier alpha value is -1.95. The van der Waals surface area contributed by atoms with E-state index in [1.54, 1.807) is 12.1 Å². The smallest absolute Gasteiger partial charge is 0.229 e. The van der Waals surface area contributed by atoms with E-state index in [9.17, 15) is 17.2 Å². The first-order chi connectivity index (χ1) is 8.99. The minimum atomic E-state index is -3.15. The van der Waals surface area contributed by atoms with E-state index < -0.39 is 22.5 Å². The lowest BCUT2D eigenvalue weighted by Gasteiger charge is -2.18. The minimum Gasteiger partial charge on any atom is -0.238 e. The van der Waals surface area contributed by atoms with E-state index in [0.29, 0.717) is 9.87 Å². The summed E-state index contributed by atoms with van der Waals surface area (Å²) in [7, 11) is -3.15. The van der Waals surface area contributed by atoms with E-state index >= 15 is 0 Å². The summed E-state index contributed by atoms with van der Waals surface area (Å²) >= 11 is 0. The summed E-state index contributed by atoms with van der Waals surface area (Å²) in [6.45, 7) is 3.67. The average molecular weight is 282 g/mol. The SMILES string of the molecule is [CH2]c1ccc(N(c2cc(F)ccc2F)[SH](=O)=O)cc1. The maximum atomic E-state index is 13.7. The van der Waals surface area contributed by atoms with E-state index in [4.69, 9.17) is 0 Å². The van der Waals surface area contributed by atoms with Gasteiger partial charge >= 0.3 is 0 Å². The molecule has 0 aliphatic heterocycles. The molecule has 2 rings (SSSR count). The van der Waals surface area contributed by atoms with Crippen molar-refractivity contribution in [2.75, 3.05) is 4.31 Å². The molecule has 2 aromatic carbocycles. The molecule has 99 valence electrons. The zero-order chi connectivity index (χ0) is 14.0. The first kappa shape index (κ1) is 13.5. The molecule has 0 heterocycles. The molecule has 0 saturated carbocycles. The van der Waals surface area contributed by atoms with Gasteiger partial charge in [0.25, 0.3) is 0 Å². The summed E-state index contributed by atoms with van der Waals surface area (Å²) in [5, 5.41) is 0. The van der Waals surface area contributed by atoms with E-state index in [1.807, 2.05) is 0 Å². The summed E-state index contributed by atoms with van der Waals surface area (Å²) in [4.78, 5) is 0. The highest BCUT2D eigenvalue weighted by Crippen LogP contribution is 2.28. The van der Waals surface area contributed by atoms with Gasteiger partial charge in [0.1, 0.15) is 11.6 Å². The molecule has 0 atom stereocenters. The Morgan fingerprint density at radius 1 is 1.00 bits per heavy atom. The molecule has 0 fully saturated rings. The molecule has 0 aromatic heterocycles. The number of hydrogen-bond donors (Lipinski definition) is 1. The number of nitrogens with zero attached hydrogens (tertiary/aromatic N) is 1. The lowest BCUT2D eigenvalue weighted by molar-refractivity contribution is 0.596. The third kappa shape index (κ3) is 2.90. The predicted molar refractivity (Wildman–Crippen MR) is 69.7 cm³/mol. The zero-order valence-corrected chi connectivity index (χ0v) is 10.6. The molecule has 3 nitrogen and oxygen atoms in total. The van der Waals surface area contributed by atoms with Crippen molar-refractivity contribution in [1.82, 2.24) is 0 Å². The third-order valence-electron chi connectivity index (χ3n) is 2.48.